The van der Waals surface area contributed by atoms with Gasteiger partial charge in [-0.3, -0.25) is 13.9 Å². The Kier molecular flexibility index (Phi) is 11.2. The van der Waals surface area contributed by atoms with E-state index in [0.717, 1.165) is 22.3 Å². The maximum atomic E-state index is 14.6. The SMILES string of the molecule is Cc1ccc(S(=O)(=O)N(CC(=O)N(Cc2ccccc2)[C@H](Cc2ccccc2)C(=O)NCC(C)C)c2cc(C)ccc2C)cc1. The number of nitrogens with one attached hydrogen (secondary N) is 1. The lowest BCUT2D eigenvalue weighted by Crippen LogP contribution is -2.53. The largest absolute Gasteiger partial charge is 0.354 e. The molecule has 0 aliphatic rings. The third-order valence-electron chi connectivity index (χ3n) is 7.67. The number of carbonyl (C=O) groups excluding carboxylic acids is 2. The van der Waals surface area contributed by atoms with Gasteiger partial charge in [-0.1, -0.05) is 104 Å². The number of hydrogen-bond acceptors (Lipinski definition) is 4. The highest BCUT2D eigenvalue weighted by molar-refractivity contribution is 7.92. The second-order valence-corrected chi connectivity index (χ2v) is 13.8. The first-order chi connectivity index (χ1) is 21.5. The molecule has 0 radical (unpaired) electrons. The van der Waals surface area contributed by atoms with Crippen LogP contribution in [0.2, 0.25) is 0 Å². The van der Waals surface area contributed by atoms with Gasteiger partial charge in [0.05, 0.1) is 10.6 Å². The quantitative estimate of drug-likeness (QED) is 0.191. The van der Waals surface area contributed by atoms with Crippen LogP contribution in [0, 0.1) is 26.7 Å². The Labute approximate surface area is 268 Å². The van der Waals surface area contributed by atoms with E-state index in [0.29, 0.717) is 17.8 Å². The number of rotatable bonds is 13. The van der Waals surface area contributed by atoms with Crippen LogP contribution in [0.15, 0.2) is 108 Å². The van der Waals surface area contributed by atoms with Gasteiger partial charge in [0.15, 0.2) is 0 Å². The summed E-state index contributed by atoms with van der Waals surface area (Å²) in [4.78, 5) is 30.0. The zero-order valence-corrected chi connectivity index (χ0v) is 27.6. The predicted octanol–water partition coefficient (Wildman–Crippen LogP) is 6.22. The van der Waals surface area contributed by atoms with Crippen molar-refractivity contribution in [2.45, 2.75) is 58.5 Å². The van der Waals surface area contributed by atoms with E-state index in [-0.39, 0.29) is 29.7 Å². The molecule has 8 heteroatoms. The van der Waals surface area contributed by atoms with Gasteiger partial charge in [0.25, 0.3) is 10.0 Å². The van der Waals surface area contributed by atoms with E-state index >= 15 is 0 Å². The molecule has 45 heavy (non-hydrogen) atoms. The number of sulfonamides is 1. The van der Waals surface area contributed by atoms with Crippen LogP contribution < -0.4 is 9.62 Å². The Morgan fingerprint density at radius 1 is 0.756 bits per heavy atom. The van der Waals surface area contributed by atoms with Crippen molar-refractivity contribution in [3.8, 4) is 0 Å². The number of benzene rings is 4. The fourth-order valence-corrected chi connectivity index (χ4v) is 6.57. The Morgan fingerprint density at radius 2 is 1.33 bits per heavy atom. The third kappa shape index (κ3) is 8.82. The summed E-state index contributed by atoms with van der Waals surface area (Å²) in [5, 5.41) is 3.02. The molecule has 0 unspecified atom stereocenters. The molecule has 7 nitrogen and oxygen atoms in total. The summed E-state index contributed by atoms with van der Waals surface area (Å²) in [6, 6.07) is 30.3. The van der Waals surface area contributed by atoms with Gasteiger partial charge in [0, 0.05) is 19.5 Å². The van der Waals surface area contributed by atoms with Gasteiger partial charge in [-0.15, -0.1) is 0 Å². The third-order valence-corrected chi connectivity index (χ3v) is 9.45. The van der Waals surface area contributed by atoms with Gasteiger partial charge in [0.2, 0.25) is 11.8 Å². The maximum absolute atomic E-state index is 14.6. The number of amides is 2. The maximum Gasteiger partial charge on any atom is 0.264 e. The summed E-state index contributed by atoms with van der Waals surface area (Å²) in [6.07, 6.45) is 0.275. The van der Waals surface area contributed by atoms with Crippen molar-refractivity contribution in [3.63, 3.8) is 0 Å². The highest BCUT2D eigenvalue weighted by Gasteiger charge is 2.35. The molecule has 0 aliphatic carbocycles. The first-order valence-corrected chi connectivity index (χ1v) is 16.7. The summed E-state index contributed by atoms with van der Waals surface area (Å²) >= 11 is 0. The predicted molar refractivity (Wildman–Crippen MR) is 180 cm³/mol. The number of nitrogens with zero attached hydrogens (tertiary/aromatic N) is 2. The highest BCUT2D eigenvalue weighted by atomic mass is 32.2. The van der Waals surface area contributed by atoms with Gasteiger partial charge < -0.3 is 10.2 Å². The van der Waals surface area contributed by atoms with Gasteiger partial charge in [0.1, 0.15) is 12.6 Å². The van der Waals surface area contributed by atoms with Gasteiger partial charge in [-0.05, 0) is 67.1 Å². The number of hydrogen-bond donors (Lipinski definition) is 1. The Morgan fingerprint density at radius 3 is 1.93 bits per heavy atom. The Bertz CT molecular complexity index is 1690. The van der Waals surface area contributed by atoms with E-state index in [2.05, 4.69) is 5.32 Å². The van der Waals surface area contributed by atoms with Crippen LogP contribution in [0.4, 0.5) is 5.69 Å². The van der Waals surface area contributed by atoms with Gasteiger partial charge in [-0.2, -0.15) is 0 Å². The molecule has 0 aromatic heterocycles. The van der Waals surface area contributed by atoms with E-state index < -0.39 is 28.5 Å². The molecule has 4 rings (SSSR count). The molecule has 0 heterocycles. The fraction of sp³-hybridized carbons (Fsp3) is 0.297. The monoisotopic (exact) mass is 625 g/mol. The average molecular weight is 626 g/mol. The molecule has 1 N–H and O–H groups in total. The summed E-state index contributed by atoms with van der Waals surface area (Å²) < 4.78 is 29.7. The molecule has 0 saturated heterocycles. The van der Waals surface area contributed by atoms with Crippen molar-refractivity contribution in [1.29, 1.82) is 0 Å². The topological polar surface area (TPSA) is 86.8 Å². The molecule has 4 aromatic carbocycles. The zero-order chi connectivity index (χ0) is 32.6. The molecule has 0 bridgehead atoms. The smallest absolute Gasteiger partial charge is 0.264 e. The van der Waals surface area contributed by atoms with Crippen LogP contribution in [0.5, 0.6) is 0 Å². The standard InChI is InChI=1S/C37H43N3O4S/c1-27(2)24-38-37(42)35(23-31-12-8-6-9-13-31)39(25-32-14-10-7-11-15-32)36(41)26-40(34-22-29(4)16-19-30(34)5)45(43,44)33-20-17-28(3)18-21-33/h6-22,27,35H,23-26H2,1-5H3,(H,38,42)/t35-/m1/s1. The zero-order valence-electron chi connectivity index (χ0n) is 26.7. The fourth-order valence-electron chi connectivity index (χ4n) is 5.10. The van der Waals surface area contributed by atoms with Crippen molar-refractivity contribution in [2.75, 3.05) is 17.4 Å². The Balaban J connectivity index is 1.81. The number of anilines is 1. The van der Waals surface area contributed by atoms with E-state index in [4.69, 9.17) is 0 Å². The summed E-state index contributed by atoms with van der Waals surface area (Å²) in [6.45, 7) is 9.74. The van der Waals surface area contributed by atoms with E-state index in [1.807, 2.05) is 107 Å². The average Bonchev–Trinajstić information content (AvgIpc) is 3.02. The van der Waals surface area contributed by atoms with E-state index in [9.17, 15) is 18.0 Å². The lowest BCUT2D eigenvalue weighted by molar-refractivity contribution is -0.140. The lowest BCUT2D eigenvalue weighted by Gasteiger charge is -2.34. The molecule has 0 saturated carbocycles. The van der Waals surface area contributed by atoms with Crippen molar-refractivity contribution in [1.82, 2.24) is 10.2 Å². The Hall–Kier alpha value is -4.43. The minimum absolute atomic E-state index is 0.0897. The van der Waals surface area contributed by atoms with Gasteiger partial charge >= 0.3 is 0 Å². The second-order valence-electron chi connectivity index (χ2n) is 12.0. The number of aryl methyl sites for hydroxylation is 3. The van der Waals surface area contributed by atoms with E-state index in [1.54, 1.807) is 30.3 Å². The molecular weight excluding hydrogens is 582 g/mol. The van der Waals surface area contributed by atoms with Crippen molar-refractivity contribution >= 4 is 27.5 Å². The number of carbonyl (C=O) groups is 2. The summed E-state index contributed by atoms with van der Waals surface area (Å²) in [5.74, 6) is -0.545. The molecular formula is C37H43N3O4S. The van der Waals surface area contributed by atoms with Crippen molar-refractivity contribution in [2.24, 2.45) is 5.92 Å². The molecule has 0 spiro atoms. The van der Waals surface area contributed by atoms with Crippen LogP contribution in [0.3, 0.4) is 0 Å². The lowest BCUT2D eigenvalue weighted by atomic mass is 10.0. The van der Waals surface area contributed by atoms with Crippen LogP contribution in [-0.4, -0.2) is 44.3 Å². The minimum atomic E-state index is -4.15. The molecule has 1 atom stereocenters. The molecule has 2 amide bonds. The van der Waals surface area contributed by atoms with E-state index in [1.165, 1.54) is 9.21 Å². The molecule has 4 aromatic rings. The first kappa shape index (κ1) is 33.5. The van der Waals surface area contributed by atoms with Crippen LogP contribution in [0.25, 0.3) is 0 Å². The summed E-state index contributed by atoms with van der Waals surface area (Å²) in [5.41, 5.74) is 4.66. The molecule has 0 aliphatic heterocycles. The molecule has 236 valence electrons. The van der Waals surface area contributed by atoms with Gasteiger partial charge in [-0.25, -0.2) is 8.42 Å². The normalized spacial score (nSPS) is 12.0. The van der Waals surface area contributed by atoms with Crippen LogP contribution in [0.1, 0.15) is 41.7 Å². The second kappa shape index (κ2) is 15.0. The van der Waals surface area contributed by atoms with Crippen LogP contribution in [-0.2, 0) is 32.6 Å². The molecule has 0 fully saturated rings. The van der Waals surface area contributed by atoms with Crippen molar-refractivity contribution in [3.05, 3.63) is 131 Å². The van der Waals surface area contributed by atoms with Crippen molar-refractivity contribution < 1.29 is 18.0 Å². The minimum Gasteiger partial charge on any atom is -0.354 e. The van der Waals surface area contributed by atoms with Crippen LogP contribution >= 0.6 is 0 Å². The summed E-state index contributed by atoms with van der Waals surface area (Å²) in [7, 11) is -4.15. The first-order valence-electron chi connectivity index (χ1n) is 15.3. The highest BCUT2D eigenvalue weighted by Crippen LogP contribution is 2.29.